The van der Waals surface area contributed by atoms with Crippen LogP contribution in [0.5, 0.6) is 0 Å². The van der Waals surface area contributed by atoms with Crippen molar-refractivity contribution in [3.8, 4) is 0 Å². The zero-order valence-electron chi connectivity index (χ0n) is 2.12. The van der Waals surface area contributed by atoms with Crippen molar-refractivity contribution in [1.29, 1.82) is 0 Å². The first-order valence-electron chi connectivity index (χ1n) is 0.642. The minimum Gasteiger partial charge on any atom is -0.342 e. The van der Waals surface area contributed by atoms with Gasteiger partial charge in [0.15, 0.2) is 0 Å². The van der Waals surface area contributed by atoms with E-state index in [-0.39, 0.29) is 19.5 Å². The second kappa shape index (κ2) is 11.0. The van der Waals surface area contributed by atoms with Gasteiger partial charge in [-0.05, 0) is 0 Å². The summed E-state index contributed by atoms with van der Waals surface area (Å²) >= 11 is 0. The van der Waals surface area contributed by atoms with Crippen molar-refractivity contribution in [3.63, 3.8) is 0 Å². The molecule has 0 saturated heterocycles. The molecular formula is C3H3Rh-. The summed E-state index contributed by atoms with van der Waals surface area (Å²) in [5.41, 5.74) is 2.00. The molecule has 25 valence electrons. The predicted molar refractivity (Wildman–Crippen MR) is 13.4 cm³/mol. The van der Waals surface area contributed by atoms with E-state index in [1.807, 2.05) is 5.73 Å². The Bertz CT molecular complexity index is 24.3. The second-order valence-corrected chi connectivity index (χ2v) is 0.204. The van der Waals surface area contributed by atoms with Crippen molar-refractivity contribution in [2.75, 3.05) is 0 Å². The van der Waals surface area contributed by atoms with Crippen LogP contribution < -0.4 is 0 Å². The van der Waals surface area contributed by atoms with Crippen LogP contribution in [0.1, 0.15) is 0 Å². The van der Waals surface area contributed by atoms with E-state index in [1.54, 1.807) is 0 Å². The fourth-order valence-corrected chi connectivity index (χ4v) is 0. The molecule has 1 radical (unpaired) electrons. The number of hydrogen-bond donors (Lipinski definition) is 0. The molecule has 0 N–H and O–H groups in total. The van der Waals surface area contributed by atoms with Crippen LogP contribution in [0.25, 0.3) is 0 Å². The maximum atomic E-state index is 4.49. The Morgan fingerprint density at radius 2 is 1.75 bits per heavy atom. The van der Waals surface area contributed by atoms with Gasteiger partial charge >= 0.3 is 0 Å². The predicted octanol–water partition coefficient (Wildman–Crippen LogP) is 0.758. The van der Waals surface area contributed by atoms with Gasteiger partial charge in [-0.25, -0.2) is 13.2 Å². The quantitative estimate of drug-likeness (QED) is 0.266. The Balaban J connectivity index is 0. The summed E-state index contributed by atoms with van der Waals surface area (Å²) in [4.78, 5) is 0. The molecule has 0 spiro atoms. The van der Waals surface area contributed by atoms with Crippen LogP contribution in [0.2, 0.25) is 0 Å². The van der Waals surface area contributed by atoms with Gasteiger partial charge in [-0.1, -0.05) is 0 Å². The van der Waals surface area contributed by atoms with Gasteiger partial charge in [-0.2, -0.15) is 0 Å². The van der Waals surface area contributed by atoms with E-state index in [9.17, 15) is 0 Å². The molecule has 0 rings (SSSR count). The molecule has 0 bridgehead atoms. The largest absolute Gasteiger partial charge is 0.342 e. The zero-order chi connectivity index (χ0) is 2.71. The van der Waals surface area contributed by atoms with Crippen molar-refractivity contribution in [1.82, 2.24) is 0 Å². The average Bonchev–Trinajstić information content (AvgIpc) is 0.918. The second-order valence-electron chi connectivity index (χ2n) is 0.204. The molecule has 0 nitrogen and oxygen atoms in total. The van der Waals surface area contributed by atoms with Crippen molar-refractivity contribution in [3.05, 3.63) is 18.9 Å². The van der Waals surface area contributed by atoms with Gasteiger partial charge in [-0.15, -0.1) is 0 Å². The summed E-state index contributed by atoms with van der Waals surface area (Å²) in [5, 5.41) is 0. The molecule has 0 aromatic carbocycles. The minimum absolute atomic E-state index is 0. The summed E-state index contributed by atoms with van der Waals surface area (Å²) in [6.07, 6.45) is 0. The van der Waals surface area contributed by atoms with Gasteiger partial charge in [0.25, 0.3) is 0 Å². The molecule has 1 heteroatoms. The Labute approximate surface area is 39.0 Å². The van der Waals surface area contributed by atoms with Crippen LogP contribution in [0.15, 0.2) is 12.3 Å². The molecule has 0 aliphatic heterocycles. The zero-order valence-corrected chi connectivity index (χ0v) is 3.76. The van der Waals surface area contributed by atoms with E-state index in [2.05, 4.69) is 13.2 Å². The normalized spacial score (nSPS) is 2.00. The van der Waals surface area contributed by atoms with Gasteiger partial charge in [-0.3, -0.25) is 0 Å². The van der Waals surface area contributed by atoms with E-state index in [0.29, 0.717) is 0 Å². The van der Waals surface area contributed by atoms with Gasteiger partial charge < -0.3 is 5.73 Å². The van der Waals surface area contributed by atoms with Crippen molar-refractivity contribution >= 4 is 0 Å². The molecule has 0 aliphatic rings. The molecule has 0 aliphatic carbocycles. The molecule has 0 saturated carbocycles. The van der Waals surface area contributed by atoms with Crippen LogP contribution >= 0.6 is 0 Å². The summed E-state index contributed by atoms with van der Waals surface area (Å²) in [6, 6.07) is 0. The topological polar surface area (TPSA) is 0 Å². The molecule has 0 heterocycles. The Kier molecular flexibility index (Phi) is 24.6. The van der Waals surface area contributed by atoms with Crippen LogP contribution in [0, 0.1) is 6.58 Å². The molecule has 0 aromatic heterocycles. The maximum absolute atomic E-state index is 4.49. The van der Waals surface area contributed by atoms with Gasteiger partial charge in [0.05, 0.1) is 0 Å². The third kappa shape index (κ3) is 136. The van der Waals surface area contributed by atoms with Gasteiger partial charge in [0, 0.05) is 19.5 Å². The van der Waals surface area contributed by atoms with Crippen molar-refractivity contribution < 1.29 is 19.5 Å². The SMILES string of the molecule is [CH-]=C=C.[Rh]. The van der Waals surface area contributed by atoms with Gasteiger partial charge in [0.1, 0.15) is 0 Å². The first-order chi connectivity index (χ1) is 1.41. The molecule has 0 fully saturated rings. The molecule has 4 heavy (non-hydrogen) atoms. The van der Waals surface area contributed by atoms with Crippen LogP contribution in [0.3, 0.4) is 0 Å². The van der Waals surface area contributed by atoms with Crippen molar-refractivity contribution in [2.45, 2.75) is 0 Å². The molecular weight excluding hydrogens is 139 g/mol. The fourth-order valence-electron chi connectivity index (χ4n) is 0. The van der Waals surface area contributed by atoms with Crippen molar-refractivity contribution in [2.24, 2.45) is 0 Å². The first kappa shape index (κ1) is 8.91. The van der Waals surface area contributed by atoms with Crippen LogP contribution in [-0.4, -0.2) is 0 Å². The van der Waals surface area contributed by atoms with E-state index >= 15 is 0 Å². The van der Waals surface area contributed by atoms with E-state index in [1.165, 1.54) is 0 Å². The maximum Gasteiger partial charge on any atom is 0 e. The monoisotopic (exact) mass is 142 g/mol. The Morgan fingerprint density at radius 3 is 1.75 bits per heavy atom. The van der Waals surface area contributed by atoms with Crippen LogP contribution in [-0.2, 0) is 19.5 Å². The van der Waals surface area contributed by atoms with E-state index < -0.39 is 0 Å². The van der Waals surface area contributed by atoms with E-state index in [4.69, 9.17) is 0 Å². The smallest absolute Gasteiger partial charge is 0 e. The molecule has 0 atom stereocenters. The Morgan fingerprint density at radius 1 is 1.75 bits per heavy atom. The average molecular weight is 142 g/mol. The number of hydrogen-bond acceptors (Lipinski definition) is 0. The Hall–Kier alpha value is 0.143. The minimum atomic E-state index is 0. The third-order valence-corrected chi connectivity index (χ3v) is 0. The summed E-state index contributed by atoms with van der Waals surface area (Å²) in [7, 11) is 0. The van der Waals surface area contributed by atoms with Crippen LogP contribution in [0.4, 0.5) is 0 Å². The van der Waals surface area contributed by atoms with E-state index in [0.717, 1.165) is 0 Å². The van der Waals surface area contributed by atoms with Gasteiger partial charge in [0.2, 0.25) is 0 Å². The molecule has 0 aromatic rings. The molecule has 0 unspecified atom stereocenters. The summed E-state index contributed by atoms with van der Waals surface area (Å²) < 4.78 is 0. The summed E-state index contributed by atoms with van der Waals surface area (Å²) in [5.74, 6) is 0. The summed E-state index contributed by atoms with van der Waals surface area (Å²) in [6.45, 7) is 7.50. The number of rotatable bonds is 0. The first-order valence-corrected chi connectivity index (χ1v) is 0.642. The standard InChI is InChI=1S/C3H3.Rh/c1-3-2;/h1H,2H2;/q-1;. The fraction of sp³-hybridized carbons (Fsp3) is 0. The molecule has 0 amide bonds. The third-order valence-electron chi connectivity index (χ3n) is 0.